The zero-order chi connectivity index (χ0) is 11.5. The van der Waals surface area contributed by atoms with E-state index in [2.05, 4.69) is 14.9 Å². The van der Waals surface area contributed by atoms with Gasteiger partial charge in [-0.25, -0.2) is 9.42 Å². The summed E-state index contributed by atoms with van der Waals surface area (Å²) in [5.74, 6) is -0.954. The van der Waals surface area contributed by atoms with E-state index in [1.165, 1.54) is 0 Å². The largest absolute Gasteiger partial charge is 0.476 e. The molecule has 0 bridgehead atoms. The van der Waals surface area contributed by atoms with E-state index in [1.54, 1.807) is 4.90 Å². The van der Waals surface area contributed by atoms with E-state index in [4.69, 9.17) is 5.11 Å². The summed E-state index contributed by atoms with van der Waals surface area (Å²) in [6, 6.07) is -0.0984. The van der Waals surface area contributed by atoms with Crippen molar-refractivity contribution in [3.05, 3.63) is 5.69 Å². The van der Waals surface area contributed by atoms with Crippen molar-refractivity contribution in [2.45, 2.75) is 25.3 Å². The molecular formula is C9H13N3O4. The van der Waals surface area contributed by atoms with Gasteiger partial charge in [0, 0.05) is 6.54 Å². The van der Waals surface area contributed by atoms with Crippen molar-refractivity contribution in [3.8, 4) is 0 Å². The molecule has 1 saturated heterocycles. The lowest BCUT2D eigenvalue weighted by Crippen LogP contribution is -2.42. The number of piperidine rings is 1. The number of aromatic carboxylic acids is 1. The van der Waals surface area contributed by atoms with Crippen molar-refractivity contribution in [2.75, 3.05) is 18.1 Å². The first-order valence-electron chi connectivity index (χ1n) is 5.17. The quantitative estimate of drug-likeness (QED) is 0.756. The zero-order valence-electron chi connectivity index (χ0n) is 8.67. The minimum absolute atomic E-state index is 0.0219. The monoisotopic (exact) mass is 227 g/mol. The third-order valence-electron chi connectivity index (χ3n) is 2.78. The van der Waals surface area contributed by atoms with Gasteiger partial charge in [0.15, 0.2) is 0 Å². The molecule has 2 heterocycles. The van der Waals surface area contributed by atoms with E-state index in [1.807, 2.05) is 0 Å². The van der Waals surface area contributed by atoms with E-state index >= 15 is 0 Å². The Hall–Kier alpha value is -1.63. The Kier molecular flexibility index (Phi) is 3.04. The van der Waals surface area contributed by atoms with E-state index in [9.17, 15) is 9.90 Å². The van der Waals surface area contributed by atoms with Gasteiger partial charge in [0.2, 0.25) is 11.5 Å². The van der Waals surface area contributed by atoms with Gasteiger partial charge in [-0.15, -0.1) is 0 Å². The fraction of sp³-hybridized carbons (Fsp3) is 0.667. The van der Waals surface area contributed by atoms with Crippen molar-refractivity contribution >= 4 is 11.8 Å². The van der Waals surface area contributed by atoms with Crippen LogP contribution in [0.3, 0.4) is 0 Å². The summed E-state index contributed by atoms with van der Waals surface area (Å²) in [4.78, 5) is 12.6. The number of anilines is 1. The molecule has 16 heavy (non-hydrogen) atoms. The van der Waals surface area contributed by atoms with Gasteiger partial charge in [-0.2, -0.15) is 0 Å². The Morgan fingerprint density at radius 1 is 1.50 bits per heavy atom. The second kappa shape index (κ2) is 4.48. The summed E-state index contributed by atoms with van der Waals surface area (Å²) in [5, 5.41) is 25.1. The maximum absolute atomic E-state index is 10.9. The number of hydrogen-bond acceptors (Lipinski definition) is 6. The van der Waals surface area contributed by atoms with Crippen LogP contribution < -0.4 is 4.90 Å². The maximum Gasteiger partial charge on any atom is 0.362 e. The molecule has 2 rings (SSSR count). The molecule has 7 heteroatoms. The predicted octanol–water partition coefficient (Wildman–Crippen LogP) is 0.119. The minimum Gasteiger partial charge on any atom is -0.476 e. The highest BCUT2D eigenvalue weighted by Crippen LogP contribution is 2.25. The molecule has 1 aliphatic heterocycles. The van der Waals surface area contributed by atoms with Crippen LogP contribution in [-0.2, 0) is 0 Å². The predicted molar refractivity (Wildman–Crippen MR) is 53.3 cm³/mol. The molecule has 0 amide bonds. The summed E-state index contributed by atoms with van der Waals surface area (Å²) < 4.78 is 4.45. The highest BCUT2D eigenvalue weighted by Gasteiger charge is 2.29. The lowest BCUT2D eigenvalue weighted by molar-refractivity contribution is 0.0685. The van der Waals surface area contributed by atoms with Gasteiger partial charge >= 0.3 is 5.97 Å². The third kappa shape index (κ3) is 1.85. The molecular weight excluding hydrogens is 214 g/mol. The van der Waals surface area contributed by atoms with Crippen LogP contribution in [-0.4, -0.2) is 45.7 Å². The van der Waals surface area contributed by atoms with Gasteiger partial charge in [0.05, 0.1) is 12.6 Å². The van der Waals surface area contributed by atoms with Crippen LogP contribution in [0.25, 0.3) is 0 Å². The van der Waals surface area contributed by atoms with Gasteiger partial charge in [-0.3, -0.25) is 0 Å². The Morgan fingerprint density at radius 2 is 2.31 bits per heavy atom. The fourth-order valence-electron chi connectivity index (χ4n) is 1.98. The van der Waals surface area contributed by atoms with E-state index in [-0.39, 0.29) is 24.2 Å². The first-order valence-corrected chi connectivity index (χ1v) is 5.17. The van der Waals surface area contributed by atoms with Gasteiger partial charge in [-0.1, -0.05) is 0 Å². The summed E-state index contributed by atoms with van der Waals surface area (Å²) in [6.45, 7) is 0.644. The number of carbonyl (C=O) groups is 1. The smallest absolute Gasteiger partial charge is 0.362 e. The van der Waals surface area contributed by atoms with Crippen LogP contribution in [0.2, 0.25) is 0 Å². The van der Waals surface area contributed by atoms with Crippen LogP contribution in [0.5, 0.6) is 0 Å². The van der Waals surface area contributed by atoms with Gasteiger partial charge in [0.25, 0.3) is 0 Å². The molecule has 2 N–H and O–H groups in total. The molecule has 0 aromatic carbocycles. The molecule has 1 aromatic rings. The van der Waals surface area contributed by atoms with Crippen molar-refractivity contribution in [3.63, 3.8) is 0 Å². The highest BCUT2D eigenvalue weighted by atomic mass is 16.6. The van der Waals surface area contributed by atoms with Crippen LogP contribution in [0.1, 0.15) is 29.8 Å². The van der Waals surface area contributed by atoms with Crippen LogP contribution >= 0.6 is 0 Å². The van der Waals surface area contributed by atoms with E-state index < -0.39 is 5.97 Å². The number of nitrogens with zero attached hydrogens (tertiary/aromatic N) is 3. The highest BCUT2D eigenvalue weighted by molar-refractivity contribution is 5.90. The number of aromatic nitrogens is 2. The number of aliphatic hydroxyl groups excluding tert-OH is 1. The first kappa shape index (κ1) is 10.9. The second-order valence-electron chi connectivity index (χ2n) is 3.77. The number of carboxylic acid groups (broad SMARTS) is 1. The fourth-order valence-corrected chi connectivity index (χ4v) is 1.98. The molecule has 0 aliphatic carbocycles. The molecule has 1 aromatic heterocycles. The topological polar surface area (TPSA) is 99.7 Å². The second-order valence-corrected chi connectivity index (χ2v) is 3.77. The normalized spacial score (nSPS) is 21.1. The summed E-state index contributed by atoms with van der Waals surface area (Å²) in [5.41, 5.74) is -0.194. The molecule has 0 radical (unpaired) electrons. The molecule has 1 unspecified atom stereocenters. The van der Waals surface area contributed by atoms with Gasteiger partial charge in [-0.05, 0) is 29.6 Å². The summed E-state index contributed by atoms with van der Waals surface area (Å²) >= 11 is 0. The summed E-state index contributed by atoms with van der Waals surface area (Å²) in [7, 11) is 0. The number of rotatable bonds is 3. The Morgan fingerprint density at radius 3 is 3.00 bits per heavy atom. The maximum atomic E-state index is 10.9. The summed E-state index contributed by atoms with van der Waals surface area (Å²) in [6.07, 6.45) is 2.79. The van der Waals surface area contributed by atoms with E-state index in [0.717, 1.165) is 19.3 Å². The molecule has 0 saturated carbocycles. The Bertz CT molecular complexity index is 379. The van der Waals surface area contributed by atoms with Crippen molar-refractivity contribution < 1.29 is 19.6 Å². The first-order chi connectivity index (χ1) is 7.74. The van der Waals surface area contributed by atoms with Gasteiger partial charge < -0.3 is 15.1 Å². The van der Waals surface area contributed by atoms with E-state index in [0.29, 0.717) is 6.54 Å². The SMILES string of the molecule is O=C(O)c1nonc1N1CCCCC1CO. The molecule has 1 atom stereocenters. The average molecular weight is 227 g/mol. The lowest BCUT2D eigenvalue weighted by Gasteiger charge is -2.34. The Balaban J connectivity index is 2.27. The van der Waals surface area contributed by atoms with Crippen LogP contribution in [0.15, 0.2) is 4.63 Å². The number of hydrogen-bond donors (Lipinski definition) is 2. The van der Waals surface area contributed by atoms with Crippen LogP contribution in [0, 0.1) is 0 Å². The standard InChI is InChI=1S/C9H13N3O4/c13-5-6-3-1-2-4-12(6)8-7(9(14)15)10-16-11-8/h6,13H,1-5H2,(H,14,15). The van der Waals surface area contributed by atoms with Crippen molar-refractivity contribution in [2.24, 2.45) is 0 Å². The molecule has 1 fully saturated rings. The van der Waals surface area contributed by atoms with Gasteiger partial charge in [0.1, 0.15) is 0 Å². The molecule has 88 valence electrons. The van der Waals surface area contributed by atoms with Crippen LogP contribution in [0.4, 0.5) is 5.82 Å². The van der Waals surface area contributed by atoms with Crippen molar-refractivity contribution in [1.82, 2.24) is 10.3 Å². The third-order valence-corrected chi connectivity index (χ3v) is 2.78. The van der Waals surface area contributed by atoms with Crippen molar-refractivity contribution in [1.29, 1.82) is 0 Å². The minimum atomic E-state index is -1.17. The Labute approximate surface area is 91.6 Å². The molecule has 7 nitrogen and oxygen atoms in total. The molecule has 0 spiro atoms. The average Bonchev–Trinajstić information content (AvgIpc) is 2.77. The zero-order valence-corrected chi connectivity index (χ0v) is 8.67. The molecule has 1 aliphatic rings. The number of aliphatic hydroxyl groups is 1. The number of carboxylic acids is 1. The lowest BCUT2D eigenvalue weighted by atomic mass is 10.0.